The van der Waals surface area contributed by atoms with E-state index in [4.69, 9.17) is 16.0 Å². The second-order valence-electron chi connectivity index (χ2n) is 6.93. The van der Waals surface area contributed by atoms with Gasteiger partial charge in [0.1, 0.15) is 5.52 Å². The van der Waals surface area contributed by atoms with Crippen LogP contribution < -0.4 is 15.5 Å². The first-order valence-corrected chi connectivity index (χ1v) is 9.39. The van der Waals surface area contributed by atoms with Crippen molar-refractivity contribution in [3.05, 3.63) is 23.2 Å². The molecule has 4 rings (SSSR count). The third kappa shape index (κ3) is 3.75. The molecule has 1 aromatic heterocycles. The summed E-state index contributed by atoms with van der Waals surface area (Å²) in [4.78, 5) is 19.2. The van der Waals surface area contributed by atoms with Crippen LogP contribution in [-0.2, 0) is 4.79 Å². The van der Waals surface area contributed by atoms with Crippen molar-refractivity contribution >= 4 is 34.6 Å². The van der Waals surface area contributed by atoms with E-state index in [2.05, 4.69) is 20.5 Å². The van der Waals surface area contributed by atoms with Crippen molar-refractivity contribution in [2.45, 2.75) is 31.7 Å². The lowest BCUT2D eigenvalue weighted by Crippen LogP contribution is -2.48. The van der Waals surface area contributed by atoms with Crippen LogP contribution in [0.3, 0.4) is 0 Å². The van der Waals surface area contributed by atoms with Crippen molar-refractivity contribution in [3.63, 3.8) is 0 Å². The van der Waals surface area contributed by atoms with Gasteiger partial charge in [0.2, 0.25) is 5.91 Å². The van der Waals surface area contributed by atoms with Crippen LogP contribution >= 0.6 is 11.6 Å². The number of aromatic nitrogens is 1. The molecule has 1 unspecified atom stereocenters. The highest BCUT2D eigenvalue weighted by atomic mass is 35.5. The Kier molecular flexibility index (Phi) is 4.81. The Balaban J connectivity index is 1.43. The van der Waals surface area contributed by atoms with Crippen molar-refractivity contribution < 1.29 is 9.21 Å². The monoisotopic (exact) mass is 362 g/mol. The number of fused-ring (bicyclic) bond motifs is 1. The lowest BCUT2D eigenvalue weighted by Gasteiger charge is -2.32. The Labute approximate surface area is 151 Å². The van der Waals surface area contributed by atoms with Gasteiger partial charge in [0.15, 0.2) is 5.58 Å². The predicted octanol–water partition coefficient (Wildman–Crippen LogP) is 2.57. The third-order valence-electron chi connectivity index (χ3n) is 5.09. The summed E-state index contributed by atoms with van der Waals surface area (Å²) in [6, 6.07) is 6.31. The predicted molar refractivity (Wildman–Crippen MR) is 98.0 cm³/mol. The van der Waals surface area contributed by atoms with Crippen LogP contribution in [0.15, 0.2) is 22.6 Å². The number of hydrogen-bond donors (Lipinski definition) is 2. The zero-order valence-corrected chi connectivity index (χ0v) is 14.9. The molecule has 0 bridgehead atoms. The van der Waals surface area contributed by atoms with Crippen molar-refractivity contribution in [2.24, 2.45) is 5.92 Å². The summed E-state index contributed by atoms with van der Waals surface area (Å²) >= 11 is 6.02. The molecule has 2 aliphatic heterocycles. The van der Waals surface area contributed by atoms with Gasteiger partial charge in [-0.2, -0.15) is 4.98 Å². The molecule has 2 aromatic rings. The van der Waals surface area contributed by atoms with Gasteiger partial charge in [0, 0.05) is 24.2 Å². The van der Waals surface area contributed by atoms with Crippen LogP contribution in [0.5, 0.6) is 0 Å². The van der Waals surface area contributed by atoms with Crippen molar-refractivity contribution in [1.29, 1.82) is 0 Å². The van der Waals surface area contributed by atoms with Crippen molar-refractivity contribution in [2.75, 3.05) is 31.1 Å². The Morgan fingerprint density at radius 3 is 3.00 bits per heavy atom. The van der Waals surface area contributed by atoms with Gasteiger partial charge in [-0.25, -0.2) is 0 Å². The molecule has 1 aromatic carbocycles. The number of carbonyl (C=O) groups is 1. The summed E-state index contributed by atoms with van der Waals surface area (Å²) < 4.78 is 5.86. The number of benzene rings is 1. The summed E-state index contributed by atoms with van der Waals surface area (Å²) in [7, 11) is 0. The smallest absolute Gasteiger partial charge is 0.298 e. The van der Waals surface area contributed by atoms with Crippen LogP contribution in [0.1, 0.15) is 25.7 Å². The zero-order valence-electron chi connectivity index (χ0n) is 14.1. The lowest BCUT2D eigenvalue weighted by molar-refractivity contribution is -0.126. The summed E-state index contributed by atoms with van der Waals surface area (Å²) in [5.74, 6) is 0.151. The third-order valence-corrected chi connectivity index (χ3v) is 5.32. The SMILES string of the molecule is O=C(NC1CCNCC1)C1CCCN(c2nc3cc(Cl)ccc3o2)C1. The fourth-order valence-electron chi connectivity index (χ4n) is 3.67. The fraction of sp³-hybridized carbons (Fsp3) is 0.556. The Morgan fingerprint density at radius 1 is 1.32 bits per heavy atom. The molecule has 1 amide bonds. The molecule has 0 aliphatic carbocycles. The quantitative estimate of drug-likeness (QED) is 0.878. The van der Waals surface area contributed by atoms with Crippen LogP contribution in [0.2, 0.25) is 5.02 Å². The number of anilines is 1. The maximum atomic E-state index is 12.6. The summed E-state index contributed by atoms with van der Waals surface area (Å²) in [5.41, 5.74) is 1.48. The summed E-state index contributed by atoms with van der Waals surface area (Å²) in [6.07, 6.45) is 3.89. The molecule has 7 heteroatoms. The van der Waals surface area contributed by atoms with Crippen LogP contribution in [0.25, 0.3) is 11.1 Å². The number of nitrogens with one attached hydrogen (secondary N) is 2. The average molecular weight is 363 g/mol. The van der Waals surface area contributed by atoms with Crippen molar-refractivity contribution in [3.8, 4) is 0 Å². The van der Waals surface area contributed by atoms with Gasteiger partial charge in [-0.05, 0) is 57.0 Å². The Morgan fingerprint density at radius 2 is 2.16 bits per heavy atom. The number of hydrogen-bond acceptors (Lipinski definition) is 5. The number of piperidine rings is 2. The molecule has 2 fully saturated rings. The molecule has 25 heavy (non-hydrogen) atoms. The minimum Gasteiger partial charge on any atom is -0.423 e. The summed E-state index contributed by atoms with van der Waals surface area (Å²) in [5, 5.41) is 7.19. The first-order chi connectivity index (χ1) is 12.2. The van der Waals surface area contributed by atoms with Crippen LogP contribution in [0, 0.1) is 5.92 Å². The topological polar surface area (TPSA) is 70.4 Å². The number of halogens is 1. The number of amides is 1. The van der Waals surface area contributed by atoms with Gasteiger partial charge in [0.05, 0.1) is 5.92 Å². The Bertz CT molecular complexity index is 757. The van der Waals surface area contributed by atoms with E-state index in [1.165, 1.54) is 0 Å². The molecule has 2 N–H and O–H groups in total. The molecule has 0 spiro atoms. The number of oxazole rings is 1. The zero-order chi connectivity index (χ0) is 17.2. The maximum Gasteiger partial charge on any atom is 0.298 e. The minimum absolute atomic E-state index is 0.0118. The average Bonchev–Trinajstić information content (AvgIpc) is 3.06. The van der Waals surface area contributed by atoms with Gasteiger partial charge in [-0.15, -0.1) is 0 Å². The van der Waals surface area contributed by atoms with E-state index in [-0.39, 0.29) is 11.8 Å². The van der Waals surface area contributed by atoms with Gasteiger partial charge >= 0.3 is 0 Å². The highest BCUT2D eigenvalue weighted by molar-refractivity contribution is 6.31. The largest absolute Gasteiger partial charge is 0.423 e. The molecule has 0 radical (unpaired) electrons. The van der Waals surface area contributed by atoms with Gasteiger partial charge < -0.3 is 20.0 Å². The second kappa shape index (κ2) is 7.22. The summed E-state index contributed by atoms with van der Waals surface area (Å²) in [6.45, 7) is 3.47. The molecule has 3 heterocycles. The molecule has 0 saturated carbocycles. The highest BCUT2D eigenvalue weighted by Gasteiger charge is 2.29. The molecular weight excluding hydrogens is 340 g/mol. The number of rotatable bonds is 3. The molecular formula is C18H23ClN4O2. The molecule has 6 nitrogen and oxygen atoms in total. The highest BCUT2D eigenvalue weighted by Crippen LogP contribution is 2.28. The van der Waals surface area contributed by atoms with E-state index in [0.717, 1.165) is 56.4 Å². The normalized spacial score (nSPS) is 22.3. The van der Waals surface area contributed by atoms with E-state index in [1.807, 2.05) is 6.07 Å². The van der Waals surface area contributed by atoms with Crippen LogP contribution in [-0.4, -0.2) is 43.1 Å². The van der Waals surface area contributed by atoms with Gasteiger partial charge in [-0.1, -0.05) is 11.6 Å². The number of nitrogens with zero attached hydrogens (tertiary/aromatic N) is 2. The second-order valence-corrected chi connectivity index (χ2v) is 7.36. The molecule has 134 valence electrons. The molecule has 1 atom stereocenters. The van der Waals surface area contributed by atoms with E-state index in [1.54, 1.807) is 12.1 Å². The van der Waals surface area contributed by atoms with Gasteiger partial charge in [-0.3, -0.25) is 4.79 Å². The van der Waals surface area contributed by atoms with Crippen LogP contribution in [0.4, 0.5) is 6.01 Å². The van der Waals surface area contributed by atoms with E-state index < -0.39 is 0 Å². The van der Waals surface area contributed by atoms with E-state index in [0.29, 0.717) is 23.6 Å². The fourth-order valence-corrected chi connectivity index (χ4v) is 3.84. The first kappa shape index (κ1) is 16.7. The van der Waals surface area contributed by atoms with Gasteiger partial charge in [0.25, 0.3) is 6.01 Å². The lowest BCUT2D eigenvalue weighted by atomic mass is 9.96. The first-order valence-electron chi connectivity index (χ1n) is 9.01. The van der Waals surface area contributed by atoms with Crippen molar-refractivity contribution in [1.82, 2.24) is 15.6 Å². The maximum absolute atomic E-state index is 12.6. The number of carbonyl (C=O) groups excluding carboxylic acids is 1. The molecule has 2 aliphatic rings. The van der Waals surface area contributed by atoms with E-state index >= 15 is 0 Å². The Hall–Kier alpha value is -1.79. The van der Waals surface area contributed by atoms with E-state index in [9.17, 15) is 4.79 Å². The minimum atomic E-state index is -0.0118. The molecule has 2 saturated heterocycles. The standard InChI is InChI=1S/C18H23ClN4O2/c19-13-3-4-16-15(10-13)22-18(25-16)23-9-1-2-12(11-23)17(24)21-14-5-7-20-8-6-14/h3-4,10,12,14,20H,1-2,5-9,11H2,(H,21,24).